The van der Waals surface area contributed by atoms with E-state index >= 15 is 0 Å². The molecule has 1 atom stereocenters. The highest BCUT2D eigenvalue weighted by Crippen LogP contribution is 2.48. The zero-order valence-electron chi connectivity index (χ0n) is 10.8. The van der Waals surface area contributed by atoms with Crippen molar-refractivity contribution in [3.05, 3.63) is 34.3 Å². The number of benzene rings is 1. The summed E-state index contributed by atoms with van der Waals surface area (Å²) in [5.74, 6) is -1.40. The number of carboxylic acid groups (broad SMARTS) is 1. The third-order valence-corrected chi connectivity index (χ3v) is 4.13. The Morgan fingerprint density at radius 1 is 1.30 bits per heavy atom. The summed E-state index contributed by atoms with van der Waals surface area (Å²) in [6, 6.07) is 6.44. The Kier molecular flexibility index (Phi) is 4.45. The summed E-state index contributed by atoms with van der Waals surface area (Å²) in [6.45, 7) is -0.275. The van der Waals surface area contributed by atoms with Gasteiger partial charge in [-0.15, -0.1) is 0 Å². The summed E-state index contributed by atoms with van der Waals surface area (Å²) in [7, 11) is 0. The molecular formula is C14H16BrNO4. The molecule has 5 nitrogen and oxygen atoms in total. The molecule has 20 heavy (non-hydrogen) atoms. The molecule has 1 aliphatic carbocycles. The molecule has 1 aliphatic rings. The summed E-state index contributed by atoms with van der Waals surface area (Å²) >= 11 is 3.34. The van der Waals surface area contributed by atoms with Gasteiger partial charge in [-0.2, -0.15) is 0 Å². The lowest BCUT2D eigenvalue weighted by atomic mass is 9.94. The number of halogens is 1. The predicted octanol–water partition coefficient (Wildman–Crippen LogP) is 1.43. The topological polar surface area (TPSA) is 86.6 Å². The van der Waals surface area contributed by atoms with E-state index in [0.29, 0.717) is 12.8 Å². The van der Waals surface area contributed by atoms with E-state index < -0.39 is 17.4 Å². The predicted molar refractivity (Wildman–Crippen MR) is 76.3 cm³/mol. The Hall–Kier alpha value is -1.40. The number of carboxylic acids is 1. The first kappa shape index (κ1) is 15.0. The van der Waals surface area contributed by atoms with Gasteiger partial charge in [-0.3, -0.25) is 4.79 Å². The van der Waals surface area contributed by atoms with Crippen LogP contribution in [0.2, 0.25) is 0 Å². The van der Waals surface area contributed by atoms with E-state index in [-0.39, 0.29) is 18.9 Å². The minimum atomic E-state index is -1.13. The van der Waals surface area contributed by atoms with Crippen molar-refractivity contribution in [1.29, 1.82) is 0 Å². The average Bonchev–Trinajstić information content (AvgIpc) is 3.20. The summed E-state index contributed by atoms with van der Waals surface area (Å²) in [6.07, 6.45) is 1.44. The van der Waals surface area contributed by atoms with Crippen LogP contribution in [-0.2, 0) is 15.0 Å². The van der Waals surface area contributed by atoms with Crippen LogP contribution in [0.5, 0.6) is 0 Å². The molecule has 108 valence electrons. The van der Waals surface area contributed by atoms with Crippen molar-refractivity contribution in [2.45, 2.75) is 30.7 Å². The van der Waals surface area contributed by atoms with E-state index in [2.05, 4.69) is 21.2 Å². The molecule has 0 heterocycles. The van der Waals surface area contributed by atoms with Crippen LogP contribution >= 0.6 is 15.9 Å². The van der Waals surface area contributed by atoms with Crippen molar-refractivity contribution in [2.24, 2.45) is 0 Å². The number of hydrogen-bond donors (Lipinski definition) is 3. The molecular weight excluding hydrogens is 326 g/mol. The molecule has 0 saturated heterocycles. The van der Waals surface area contributed by atoms with Crippen molar-refractivity contribution in [1.82, 2.24) is 5.32 Å². The Morgan fingerprint density at radius 2 is 1.90 bits per heavy atom. The molecule has 0 aromatic heterocycles. The van der Waals surface area contributed by atoms with Crippen molar-refractivity contribution in [3.63, 3.8) is 0 Å². The number of aliphatic hydroxyl groups is 1. The van der Waals surface area contributed by atoms with Crippen LogP contribution in [0.25, 0.3) is 0 Å². The van der Waals surface area contributed by atoms with E-state index in [1.165, 1.54) is 0 Å². The van der Waals surface area contributed by atoms with Crippen molar-refractivity contribution in [2.75, 3.05) is 6.61 Å². The molecule has 2 rings (SSSR count). The fourth-order valence-electron chi connectivity index (χ4n) is 2.22. The van der Waals surface area contributed by atoms with Crippen molar-refractivity contribution >= 4 is 27.8 Å². The molecule has 3 N–H and O–H groups in total. The summed E-state index contributed by atoms with van der Waals surface area (Å²) in [4.78, 5) is 23.4. The summed E-state index contributed by atoms with van der Waals surface area (Å²) in [5.41, 5.74) is 0.287. The van der Waals surface area contributed by atoms with Crippen LogP contribution in [0.3, 0.4) is 0 Å². The van der Waals surface area contributed by atoms with Gasteiger partial charge in [0, 0.05) is 17.5 Å². The van der Waals surface area contributed by atoms with Gasteiger partial charge in [-0.25, -0.2) is 4.79 Å². The normalized spacial score (nSPS) is 17.3. The van der Waals surface area contributed by atoms with Crippen LogP contribution < -0.4 is 5.32 Å². The van der Waals surface area contributed by atoms with Crippen LogP contribution in [0.1, 0.15) is 24.8 Å². The largest absolute Gasteiger partial charge is 0.480 e. The minimum Gasteiger partial charge on any atom is -0.480 e. The quantitative estimate of drug-likeness (QED) is 0.730. The van der Waals surface area contributed by atoms with Gasteiger partial charge >= 0.3 is 5.97 Å². The molecule has 1 aromatic rings. The van der Waals surface area contributed by atoms with Crippen molar-refractivity contribution < 1.29 is 19.8 Å². The van der Waals surface area contributed by atoms with Crippen LogP contribution in [0.4, 0.5) is 0 Å². The highest BCUT2D eigenvalue weighted by molar-refractivity contribution is 9.10. The van der Waals surface area contributed by atoms with E-state index in [0.717, 1.165) is 10.0 Å². The summed E-state index contributed by atoms with van der Waals surface area (Å²) in [5, 5.41) is 20.4. The van der Waals surface area contributed by atoms with Gasteiger partial charge in [0.05, 0.1) is 5.41 Å². The number of aliphatic carboxylic acids is 1. The van der Waals surface area contributed by atoms with Gasteiger partial charge in [0.25, 0.3) is 0 Å². The smallest absolute Gasteiger partial charge is 0.326 e. The standard InChI is InChI=1S/C14H16BrNO4/c15-10-3-1-9(2-4-10)14(6-7-14)13(20)16-11(5-8-17)12(18)19/h1-4,11,17H,5-8H2,(H,16,20)(H,18,19)/t11-/m1/s1. The zero-order chi connectivity index (χ0) is 14.8. The number of rotatable bonds is 6. The first-order valence-corrected chi connectivity index (χ1v) is 7.19. The van der Waals surface area contributed by atoms with Crippen LogP contribution in [0.15, 0.2) is 28.7 Å². The maximum absolute atomic E-state index is 12.3. The molecule has 1 aromatic carbocycles. The second-order valence-corrected chi connectivity index (χ2v) is 5.88. The van der Waals surface area contributed by atoms with Gasteiger partial charge in [0.2, 0.25) is 5.91 Å². The molecule has 0 aliphatic heterocycles. The second kappa shape index (κ2) is 5.93. The number of carbonyl (C=O) groups excluding carboxylic acids is 1. The molecule has 0 unspecified atom stereocenters. The van der Waals surface area contributed by atoms with Gasteiger partial charge in [0.1, 0.15) is 6.04 Å². The fourth-order valence-corrected chi connectivity index (χ4v) is 2.49. The van der Waals surface area contributed by atoms with E-state index in [1.54, 1.807) is 0 Å². The lowest BCUT2D eigenvalue weighted by molar-refractivity contribution is -0.142. The summed E-state index contributed by atoms with van der Waals surface area (Å²) < 4.78 is 0.932. The Morgan fingerprint density at radius 3 is 2.35 bits per heavy atom. The number of carbonyl (C=O) groups is 2. The zero-order valence-corrected chi connectivity index (χ0v) is 12.4. The number of hydrogen-bond acceptors (Lipinski definition) is 3. The monoisotopic (exact) mass is 341 g/mol. The number of nitrogens with one attached hydrogen (secondary N) is 1. The van der Waals surface area contributed by atoms with Gasteiger partial charge in [0.15, 0.2) is 0 Å². The van der Waals surface area contributed by atoms with Crippen molar-refractivity contribution in [3.8, 4) is 0 Å². The average molecular weight is 342 g/mol. The van der Waals surface area contributed by atoms with E-state index in [9.17, 15) is 9.59 Å². The van der Waals surface area contributed by atoms with Crippen LogP contribution in [-0.4, -0.2) is 34.7 Å². The highest BCUT2D eigenvalue weighted by atomic mass is 79.9. The Balaban J connectivity index is 2.12. The molecule has 0 radical (unpaired) electrons. The first-order valence-electron chi connectivity index (χ1n) is 6.40. The maximum Gasteiger partial charge on any atom is 0.326 e. The number of aliphatic hydroxyl groups excluding tert-OH is 1. The molecule has 0 bridgehead atoms. The SMILES string of the molecule is O=C(O)[C@@H](CCO)NC(=O)C1(c2ccc(Br)cc2)CC1. The van der Waals surface area contributed by atoms with Gasteiger partial charge in [-0.05, 0) is 30.5 Å². The van der Waals surface area contributed by atoms with Crippen LogP contribution in [0, 0.1) is 0 Å². The minimum absolute atomic E-state index is 0.0114. The molecule has 1 amide bonds. The van der Waals surface area contributed by atoms with E-state index in [4.69, 9.17) is 10.2 Å². The van der Waals surface area contributed by atoms with Gasteiger partial charge < -0.3 is 15.5 Å². The third kappa shape index (κ3) is 3.02. The molecule has 1 fully saturated rings. The number of amides is 1. The Labute approximate surface area is 125 Å². The Bertz CT molecular complexity index is 510. The van der Waals surface area contributed by atoms with E-state index in [1.807, 2.05) is 24.3 Å². The van der Waals surface area contributed by atoms with Gasteiger partial charge in [-0.1, -0.05) is 28.1 Å². The molecule has 0 spiro atoms. The maximum atomic E-state index is 12.3. The lowest BCUT2D eigenvalue weighted by Gasteiger charge is -2.19. The third-order valence-electron chi connectivity index (χ3n) is 3.60. The molecule has 1 saturated carbocycles. The fraction of sp³-hybridized carbons (Fsp3) is 0.429. The second-order valence-electron chi connectivity index (χ2n) is 4.97. The lowest BCUT2D eigenvalue weighted by Crippen LogP contribution is -2.46. The molecule has 6 heteroatoms. The first-order chi connectivity index (χ1) is 9.49. The highest BCUT2D eigenvalue weighted by Gasteiger charge is 2.51.